The summed E-state index contributed by atoms with van der Waals surface area (Å²) in [7, 11) is 0. The minimum Gasteiger partial charge on any atom is -0.275 e. The van der Waals surface area contributed by atoms with Crippen molar-refractivity contribution in [1.29, 1.82) is 5.26 Å². The molecule has 2 rings (SSSR count). The third kappa shape index (κ3) is 2.18. The second-order valence-corrected chi connectivity index (χ2v) is 3.87. The zero-order valence-electron chi connectivity index (χ0n) is 8.18. The number of aromatic nitrogens is 2. The Labute approximate surface area is 101 Å². The minimum absolute atomic E-state index is 0.443. The van der Waals surface area contributed by atoms with Crippen LogP contribution in [0.4, 0.5) is 5.82 Å². The van der Waals surface area contributed by atoms with E-state index in [-0.39, 0.29) is 0 Å². The van der Waals surface area contributed by atoms with E-state index < -0.39 is 0 Å². The van der Waals surface area contributed by atoms with Gasteiger partial charge in [-0.25, -0.2) is 0 Å². The van der Waals surface area contributed by atoms with Gasteiger partial charge in [0, 0.05) is 10.0 Å². The van der Waals surface area contributed by atoms with Crippen molar-refractivity contribution < 1.29 is 0 Å². The molecule has 1 N–H and O–H groups in total. The number of hydrogen-bond acceptors (Lipinski definition) is 4. The Bertz CT molecular complexity index is 530. The summed E-state index contributed by atoms with van der Waals surface area (Å²) < 4.78 is 0.963. The topological polar surface area (TPSA) is 61.6 Å². The lowest BCUT2D eigenvalue weighted by atomic mass is 10.1. The lowest BCUT2D eigenvalue weighted by Crippen LogP contribution is -1.95. The normalized spacial score (nSPS) is 9.50. The number of nitrogens with one attached hydrogen (secondary N) is 1. The molecular weight excluding hydrogens is 268 g/mol. The molecule has 0 unspecified atom stereocenters. The van der Waals surface area contributed by atoms with Crippen LogP contribution in [-0.4, -0.2) is 10.2 Å². The Morgan fingerprint density at radius 2 is 1.94 bits per heavy atom. The first-order chi connectivity index (χ1) is 7.81. The Hall–Kier alpha value is -1.93. The predicted molar refractivity (Wildman–Crippen MR) is 64.4 cm³/mol. The van der Waals surface area contributed by atoms with Crippen LogP contribution < -0.4 is 5.32 Å². The molecule has 0 aliphatic rings. The van der Waals surface area contributed by atoms with E-state index in [0.717, 1.165) is 15.7 Å². The molecule has 2 aromatic rings. The lowest BCUT2D eigenvalue weighted by Gasteiger charge is -2.02. The standard InChI is InChI=1S/C11H7BrN4/c12-9-4-2-1-3-8(9)10-5-6-11(14-7-13)16-15-10/h1-6H,(H,14,16). The fraction of sp³-hybridized carbons (Fsp3) is 0. The molecule has 0 saturated carbocycles. The highest BCUT2D eigenvalue weighted by Gasteiger charge is 2.04. The highest BCUT2D eigenvalue weighted by molar-refractivity contribution is 9.10. The maximum Gasteiger partial charge on any atom is 0.182 e. The highest BCUT2D eigenvalue weighted by Crippen LogP contribution is 2.25. The summed E-state index contributed by atoms with van der Waals surface area (Å²) in [5.41, 5.74) is 1.73. The molecule has 0 fully saturated rings. The van der Waals surface area contributed by atoms with Gasteiger partial charge in [0.2, 0.25) is 0 Å². The first-order valence-electron chi connectivity index (χ1n) is 4.55. The van der Waals surface area contributed by atoms with Crippen LogP contribution in [0.3, 0.4) is 0 Å². The smallest absolute Gasteiger partial charge is 0.182 e. The fourth-order valence-corrected chi connectivity index (χ4v) is 1.76. The van der Waals surface area contributed by atoms with Crippen LogP contribution in [0.15, 0.2) is 40.9 Å². The first-order valence-corrected chi connectivity index (χ1v) is 5.34. The van der Waals surface area contributed by atoms with Crippen LogP contribution in [0, 0.1) is 11.5 Å². The zero-order valence-corrected chi connectivity index (χ0v) is 9.77. The summed E-state index contributed by atoms with van der Waals surface area (Å²) in [4.78, 5) is 0. The van der Waals surface area contributed by atoms with Gasteiger partial charge in [0.25, 0.3) is 0 Å². The van der Waals surface area contributed by atoms with E-state index in [4.69, 9.17) is 5.26 Å². The first kappa shape index (κ1) is 10.6. The van der Waals surface area contributed by atoms with E-state index in [9.17, 15) is 0 Å². The second-order valence-electron chi connectivity index (χ2n) is 3.02. The molecule has 16 heavy (non-hydrogen) atoms. The summed E-state index contributed by atoms with van der Waals surface area (Å²) in [5.74, 6) is 0.443. The van der Waals surface area contributed by atoms with E-state index in [1.165, 1.54) is 0 Å². The monoisotopic (exact) mass is 274 g/mol. The molecule has 0 spiro atoms. The van der Waals surface area contributed by atoms with Gasteiger partial charge in [-0.3, -0.25) is 5.32 Å². The molecule has 1 aromatic carbocycles. The van der Waals surface area contributed by atoms with Crippen LogP contribution in [0.25, 0.3) is 11.3 Å². The summed E-state index contributed by atoms with van der Waals surface area (Å²) in [5, 5.41) is 18.8. The molecule has 4 nitrogen and oxygen atoms in total. The number of nitrogens with zero attached hydrogens (tertiary/aromatic N) is 3. The van der Waals surface area contributed by atoms with Crippen LogP contribution in [0.1, 0.15) is 0 Å². The van der Waals surface area contributed by atoms with Gasteiger partial charge in [0.1, 0.15) is 0 Å². The third-order valence-electron chi connectivity index (χ3n) is 2.00. The SMILES string of the molecule is N#CNc1ccc(-c2ccccc2Br)nn1. The minimum atomic E-state index is 0.443. The Balaban J connectivity index is 2.36. The van der Waals surface area contributed by atoms with Crippen molar-refractivity contribution in [2.75, 3.05) is 5.32 Å². The van der Waals surface area contributed by atoms with Crippen molar-refractivity contribution in [1.82, 2.24) is 10.2 Å². The van der Waals surface area contributed by atoms with Crippen LogP contribution in [-0.2, 0) is 0 Å². The molecular formula is C11H7BrN4. The molecule has 5 heteroatoms. The van der Waals surface area contributed by atoms with Crippen molar-refractivity contribution in [3.63, 3.8) is 0 Å². The highest BCUT2D eigenvalue weighted by atomic mass is 79.9. The number of anilines is 1. The van der Waals surface area contributed by atoms with Gasteiger partial charge in [-0.1, -0.05) is 34.1 Å². The molecule has 0 saturated heterocycles. The van der Waals surface area contributed by atoms with Gasteiger partial charge >= 0.3 is 0 Å². The van der Waals surface area contributed by atoms with Crippen molar-refractivity contribution in [2.24, 2.45) is 0 Å². The van der Waals surface area contributed by atoms with Crippen molar-refractivity contribution >= 4 is 21.7 Å². The van der Waals surface area contributed by atoms with E-state index in [2.05, 4.69) is 31.4 Å². The molecule has 0 aliphatic carbocycles. The zero-order chi connectivity index (χ0) is 11.4. The lowest BCUT2D eigenvalue weighted by molar-refractivity contribution is 1.04. The van der Waals surface area contributed by atoms with Crippen LogP contribution in [0.5, 0.6) is 0 Å². The van der Waals surface area contributed by atoms with Crippen molar-refractivity contribution in [3.05, 3.63) is 40.9 Å². The number of halogens is 1. The van der Waals surface area contributed by atoms with E-state index in [1.54, 1.807) is 12.3 Å². The second kappa shape index (κ2) is 4.73. The summed E-state index contributed by atoms with van der Waals surface area (Å²) in [6, 6.07) is 11.3. The fourth-order valence-electron chi connectivity index (χ4n) is 1.27. The van der Waals surface area contributed by atoms with Gasteiger partial charge in [0.05, 0.1) is 5.69 Å². The third-order valence-corrected chi connectivity index (χ3v) is 2.69. The van der Waals surface area contributed by atoms with Crippen molar-refractivity contribution in [3.8, 4) is 17.5 Å². The number of benzene rings is 1. The number of hydrogen-bond donors (Lipinski definition) is 1. The summed E-state index contributed by atoms with van der Waals surface area (Å²) >= 11 is 3.45. The predicted octanol–water partition coefficient (Wildman–Crippen LogP) is 2.80. The molecule has 1 aromatic heterocycles. The maximum absolute atomic E-state index is 8.41. The quantitative estimate of drug-likeness (QED) is 0.676. The van der Waals surface area contributed by atoms with Crippen molar-refractivity contribution in [2.45, 2.75) is 0 Å². The Morgan fingerprint density at radius 3 is 2.56 bits per heavy atom. The molecule has 0 amide bonds. The van der Waals surface area contributed by atoms with Crippen LogP contribution in [0.2, 0.25) is 0 Å². The van der Waals surface area contributed by atoms with Gasteiger partial charge < -0.3 is 0 Å². The number of rotatable bonds is 2. The van der Waals surface area contributed by atoms with Gasteiger partial charge in [0.15, 0.2) is 12.0 Å². The van der Waals surface area contributed by atoms with Gasteiger partial charge in [-0.05, 0) is 18.2 Å². The molecule has 1 heterocycles. The molecule has 0 bridgehead atoms. The average molecular weight is 275 g/mol. The molecule has 0 atom stereocenters. The van der Waals surface area contributed by atoms with Crippen LogP contribution >= 0.6 is 15.9 Å². The maximum atomic E-state index is 8.41. The summed E-state index contributed by atoms with van der Waals surface area (Å²) in [6.07, 6.45) is 1.79. The largest absolute Gasteiger partial charge is 0.275 e. The van der Waals surface area contributed by atoms with E-state index in [0.29, 0.717) is 5.82 Å². The Morgan fingerprint density at radius 1 is 1.12 bits per heavy atom. The van der Waals surface area contributed by atoms with Gasteiger partial charge in [-0.2, -0.15) is 5.26 Å². The summed E-state index contributed by atoms with van der Waals surface area (Å²) in [6.45, 7) is 0. The van der Waals surface area contributed by atoms with E-state index in [1.807, 2.05) is 30.3 Å². The average Bonchev–Trinajstić information content (AvgIpc) is 2.31. The Kier molecular flexibility index (Phi) is 3.13. The number of nitriles is 1. The molecule has 0 radical (unpaired) electrons. The molecule has 78 valence electrons. The molecule has 0 aliphatic heterocycles. The van der Waals surface area contributed by atoms with Gasteiger partial charge in [-0.15, -0.1) is 10.2 Å². The van der Waals surface area contributed by atoms with E-state index >= 15 is 0 Å².